The van der Waals surface area contributed by atoms with E-state index in [1.807, 2.05) is 6.07 Å². The predicted molar refractivity (Wildman–Crippen MR) is 32.6 cm³/mol. The van der Waals surface area contributed by atoms with E-state index in [9.17, 15) is 0 Å². The number of nitriles is 1. The SMILES string of the molecule is CNC1CC(C#N)C1O. The van der Waals surface area contributed by atoms with Crippen LogP contribution in [0.2, 0.25) is 0 Å². The van der Waals surface area contributed by atoms with E-state index in [0.29, 0.717) is 0 Å². The number of likely N-dealkylation sites (N-methyl/N-ethyl adjacent to an activating group) is 1. The van der Waals surface area contributed by atoms with Crippen molar-refractivity contribution in [1.29, 1.82) is 5.26 Å². The molecule has 1 fully saturated rings. The molecule has 0 bridgehead atoms. The maximum Gasteiger partial charge on any atom is 0.0852 e. The molecule has 0 aromatic carbocycles. The van der Waals surface area contributed by atoms with Crippen LogP contribution >= 0.6 is 0 Å². The summed E-state index contributed by atoms with van der Waals surface area (Å²) in [4.78, 5) is 0. The number of hydrogen-bond donors (Lipinski definition) is 2. The van der Waals surface area contributed by atoms with E-state index >= 15 is 0 Å². The highest BCUT2D eigenvalue weighted by atomic mass is 16.3. The van der Waals surface area contributed by atoms with Gasteiger partial charge < -0.3 is 10.4 Å². The first-order valence-corrected chi connectivity index (χ1v) is 3.04. The molecule has 50 valence electrons. The fraction of sp³-hybridized carbons (Fsp3) is 0.833. The minimum atomic E-state index is -0.444. The summed E-state index contributed by atoms with van der Waals surface area (Å²) in [5.41, 5.74) is 0. The van der Waals surface area contributed by atoms with Crippen LogP contribution in [0, 0.1) is 17.2 Å². The summed E-state index contributed by atoms with van der Waals surface area (Å²) in [6, 6.07) is 2.17. The second-order valence-electron chi connectivity index (χ2n) is 2.36. The lowest BCUT2D eigenvalue weighted by atomic mass is 9.78. The van der Waals surface area contributed by atoms with Crippen LogP contribution in [0.3, 0.4) is 0 Å². The quantitative estimate of drug-likeness (QED) is 0.497. The Bertz CT molecular complexity index is 140. The minimum Gasteiger partial charge on any atom is -0.390 e. The van der Waals surface area contributed by atoms with Gasteiger partial charge in [0.1, 0.15) is 0 Å². The lowest BCUT2D eigenvalue weighted by molar-refractivity contribution is 0.0152. The molecule has 0 aromatic heterocycles. The van der Waals surface area contributed by atoms with Crippen molar-refractivity contribution in [2.75, 3.05) is 7.05 Å². The number of aliphatic hydroxyl groups excluding tert-OH is 1. The first-order chi connectivity index (χ1) is 4.29. The Labute approximate surface area is 54.3 Å². The van der Waals surface area contributed by atoms with Gasteiger partial charge >= 0.3 is 0 Å². The van der Waals surface area contributed by atoms with Gasteiger partial charge in [-0.2, -0.15) is 5.26 Å². The molecule has 2 N–H and O–H groups in total. The molecule has 1 rings (SSSR count). The summed E-state index contributed by atoms with van der Waals surface area (Å²) in [5.74, 6) is -0.137. The molecule has 3 nitrogen and oxygen atoms in total. The molecule has 9 heavy (non-hydrogen) atoms. The number of aliphatic hydroxyl groups is 1. The molecule has 0 spiro atoms. The van der Waals surface area contributed by atoms with Crippen molar-refractivity contribution in [2.45, 2.75) is 18.6 Å². The second kappa shape index (κ2) is 2.34. The van der Waals surface area contributed by atoms with Crippen molar-refractivity contribution in [3.63, 3.8) is 0 Å². The smallest absolute Gasteiger partial charge is 0.0852 e. The van der Waals surface area contributed by atoms with Crippen LogP contribution in [0.4, 0.5) is 0 Å². The van der Waals surface area contributed by atoms with Crippen LogP contribution in [0.25, 0.3) is 0 Å². The highest BCUT2D eigenvalue weighted by Gasteiger charge is 2.38. The molecule has 0 radical (unpaired) electrons. The van der Waals surface area contributed by atoms with Gasteiger partial charge in [-0.05, 0) is 13.5 Å². The summed E-state index contributed by atoms with van der Waals surface area (Å²) >= 11 is 0. The van der Waals surface area contributed by atoms with Gasteiger partial charge in [-0.15, -0.1) is 0 Å². The third kappa shape index (κ3) is 0.913. The van der Waals surface area contributed by atoms with E-state index in [-0.39, 0.29) is 12.0 Å². The number of hydrogen-bond acceptors (Lipinski definition) is 3. The van der Waals surface area contributed by atoms with E-state index < -0.39 is 6.10 Å². The molecule has 0 aliphatic heterocycles. The normalized spacial score (nSPS) is 41.2. The van der Waals surface area contributed by atoms with Crippen molar-refractivity contribution >= 4 is 0 Å². The second-order valence-corrected chi connectivity index (χ2v) is 2.36. The van der Waals surface area contributed by atoms with Gasteiger partial charge in [0.25, 0.3) is 0 Å². The van der Waals surface area contributed by atoms with Crippen LogP contribution < -0.4 is 5.32 Å². The van der Waals surface area contributed by atoms with E-state index in [2.05, 4.69) is 5.32 Å². The van der Waals surface area contributed by atoms with Crippen LogP contribution in [-0.2, 0) is 0 Å². The van der Waals surface area contributed by atoms with E-state index in [0.717, 1.165) is 6.42 Å². The molecule has 1 aliphatic carbocycles. The van der Waals surface area contributed by atoms with Crippen molar-refractivity contribution in [1.82, 2.24) is 5.32 Å². The third-order valence-corrected chi connectivity index (χ3v) is 1.87. The summed E-state index contributed by atoms with van der Waals surface area (Å²) in [7, 11) is 1.79. The summed E-state index contributed by atoms with van der Waals surface area (Å²) in [6.07, 6.45) is 0.341. The zero-order valence-electron chi connectivity index (χ0n) is 5.33. The number of nitrogens with one attached hydrogen (secondary N) is 1. The van der Waals surface area contributed by atoms with Crippen LogP contribution in [0.1, 0.15) is 6.42 Å². The summed E-state index contributed by atoms with van der Waals surface area (Å²) in [5, 5.41) is 20.3. The highest BCUT2D eigenvalue weighted by Crippen LogP contribution is 2.26. The Balaban J connectivity index is 2.34. The zero-order chi connectivity index (χ0) is 6.85. The molecule has 0 heterocycles. The van der Waals surface area contributed by atoms with Gasteiger partial charge in [0.15, 0.2) is 0 Å². The third-order valence-electron chi connectivity index (χ3n) is 1.87. The monoisotopic (exact) mass is 126 g/mol. The fourth-order valence-electron chi connectivity index (χ4n) is 1.05. The molecule has 1 aliphatic rings. The largest absolute Gasteiger partial charge is 0.390 e. The van der Waals surface area contributed by atoms with Crippen molar-refractivity contribution in [2.24, 2.45) is 5.92 Å². The Morgan fingerprint density at radius 2 is 2.44 bits per heavy atom. The summed E-state index contributed by atoms with van der Waals surface area (Å²) < 4.78 is 0. The van der Waals surface area contributed by atoms with Gasteiger partial charge in [-0.3, -0.25) is 0 Å². The van der Waals surface area contributed by atoms with Crippen molar-refractivity contribution in [3.8, 4) is 6.07 Å². The fourth-order valence-corrected chi connectivity index (χ4v) is 1.05. The predicted octanol–water partition coefficient (Wildman–Crippen LogP) is -0.521. The standard InChI is InChI=1S/C6H10N2O/c1-8-5-2-4(3-7)6(5)9/h4-6,8-9H,2H2,1H3. The summed E-state index contributed by atoms with van der Waals surface area (Å²) in [6.45, 7) is 0. The first-order valence-electron chi connectivity index (χ1n) is 3.04. The average molecular weight is 126 g/mol. The van der Waals surface area contributed by atoms with Gasteiger partial charge in [0.2, 0.25) is 0 Å². The van der Waals surface area contributed by atoms with Gasteiger partial charge in [0, 0.05) is 6.04 Å². The topological polar surface area (TPSA) is 56.0 Å². The maximum absolute atomic E-state index is 9.08. The molecule has 0 amide bonds. The molecule has 0 saturated heterocycles. The molecule has 3 heteroatoms. The first kappa shape index (κ1) is 6.53. The highest BCUT2D eigenvalue weighted by molar-refractivity contribution is 5.04. The molecular formula is C6H10N2O. The maximum atomic E-state index is 9.08. The molecule has 3 atom stereocenters. The molecule has 1 saturated carbocycles. The lowest BCUT2D eigenvalue weighted by Crippen LogP contribution is -2.52. The van der Waals surface area contributed by atoms with Crippen LogP contribution in [0.15, 0.2) is 0 Å². The van der Waals surface area contributed by atoms with Gasteiger partial charge in [-0.1, -0.05) is 0 Å². The van der Waals surface area contributed by atoms with Gasteiger partial charge in [0.05, 0.1) is 18.1 Å². The van der Waals surface area contributed by atoms with E-state index in [1.165, 1.54) is 0 Å². The van der Waals surface area contributed by atoms with E-state index in [4.69, 9.17) is 10.4 Å². The molecule has 3 unspecified atom stereocenters. The molecular weight excluding hydrogens is 116 g/mol. The lowest BCUT2D eigenvalue weighted by Gasteiger charge is -2.36. The average Bonchev–Trinajstić information content (AvgIpc) is 1.87. The minimum absolute atomic E-state index is 0.137. The number of nitrogens with zero attached hydrogens (tertiary/aromatic N) is 1. The number of rotatable bonds is 1. The van der Waals surface area contributed by atoms with Crippen molar-refractivity contribution < 1.29 is 5.11 Å². The van der Waals surface area contributed by atoms with Crippen LogP contribution in [0.5, 0.6) is 0 Å². The zero-order valence-corrected chi connectivity index (χ0v) is 5.33. The van der Waals surface area contributed by atoms with Crippen LogP contribution in [-0.4, -0.2) is 24.3 Å². The van der Waals surface area contributed by atoms with Gasteiger partial charge in [-0.25, -0.2) is 0 Å². The van der Waals surface area contributed by atoms with Crippen molar-refractivity contribution in [3.05, 3.63) is 0 Å². The molecule has 0 aromatic rings. The Morgan fingerprint density at radius 1 is 1.78 bits per heavy atom. The Morgan fingerprint density at radius 3 is 2.78 bits per heavy atom. The van der Waals surface area contributed by atoms with E-state index in [1.54, 1.807) is 7.05 Å². The Kier molecular flexibility index (Phi) is 1.70. The Hall–Kier alpha value is -0.590.